The summed E-state index contributed by atoms with van der Waals surface area (Å²) in [6.45, 7) is 5.48. The lowest BCUT2D eigenvalue weighted by atomic mass is 9.97. The van der Waals surface area contributed by atoms with Gasteiger partial charge in [-0.05, 0) is 38.8 Å². The Morgan fingerprint density at radius 2 is 2.06 bits per heavy atom. The van der Waals surface area contributed by atoms with Gasteiger partial charge in [0.1, 0.15) is 0 Å². The van der Waals surface area contributed by atoms with Crippen molar-refractivity contribution >= 4 is 5.69 Å². The van der Waals surface area contributed by atoms with Crippen molar-refractivity contribution in [3.8, 4) is 0 Å². The summed E-state index contributed by atoms with van der Waals surface area (Å²) in [6.07, 6.45) is 5.75. The number of nitrogen functional groups attached to an aromatic ring is 1. The minimum Gasteiger partial charge on any atom is -0.397 e. The number of piperidine rings is 1. The zero-order valence-corrected chi connectivity index (χ0v) is 10.2. The first-order chi connectivity index (χ1) is 7.68. The van der Waals surface area contributed by atoms with Crippen LogP contribution in [0.5, 0.6) is 0 Å². The number of likely N-dealkylation sites (tertiary alicyclic amines) is 1. The number of nitrogens with zero attached hydrogens (tertiary/aromatic N) is 2. The van der Waals surface area contributed by atoms with Gasteiger partial charge in [-0.2, -0.15) is 0 Å². The topological polar surface area (TPSA) is 42.2 Å². The second-order valence-corrected chi connectivity index (χ2v) is 4.84. The standard InChI is InChI=1S/C13H21N3/c1-10-5-3-6-11(2)16(10)9-13-12(14)7-4-8-15-13/h4,7-8,10-11H,3,5-6,9,14H2,1-2H3/t10-,11+. The minimum absolute atomic E-state index is 0.644. The molecule has 0 bridgehead atoms. The molecule has 2 N–H and O–H groups in total. The van der Waals surface area contributed by atoms with Crippen LogP contribution in [0.2, 0.25) is 0 Å². The first-order valence-corrected chi connectivity index (χ1v) is 6.13. The Morgan fingerprint density at radius 1 is 1.38 bits per heavy atom. The van der Waals surface area contributed by atoms with Gasteiger partial charge in [-0.25, -0.2) is 0 Å². The lowest BCUT2D eigenvalue weighted by molar-refractivity contribution is 0.0941. The van der Waals surface area contributed by atoms with E-state index in [1.807, 2.05) is 18.3 Å². The van der Waals surface area contributed by atoms with Gasteiger partial charge in [-0.15, -0.1) is 0 Å². The summed E-state index contributed by atoms with van der Waals surface area (Å²) < 4.78 is 0. The zero-order chi connectivity index (χ0) is 11.5. The summed E-state index contributed by atoms with van der Waals surface area (Å²) in [6, 6.07) is 5.11. The van der Waals surface area contributed by atoms with Crippen LogP contribution in [-0.4, -0.2) is 22.0 Å². The zero-order valence-electron chi connectivity index (χ0n) is 10.2. The number of aromatic nitrogens is 1. The Balaban J connectivity index is 2.11. The van der Waals surface area contributed by atoms with E-state index in [1.54, 1.807) is 0 Å². The Labute approximate surface area is 97.7 Å². The van der Waals surface area contributed by atoms with E-state index in [4.69, 9.17) is 5.73 Å². The van der Waals surface area contributed by atoms with E-state index in [0.29, 0.717) is 12.1 Å². The van der Waals surface area contributed by atoms with Crippen molar-refractivity contribution in [3.63, 3.8) is 0 Å². The summed E-state index contributed by atoms with van der Waals surface area (Å²) in [4.78, 5) is 6.89. The second kappa shape index (κ2) is 4.83. The average Bonchev–Trinajstić information content (AvgIpc) is 2.26. The molecule has 16 heavy (non-hydrogen) atoms. The average molecular weight is 219 g/mol. The van der Waals surface area contributed by atoms with E-state index in [9.17, 15) is 0 Å². The molecule has 0 amide bonds. The van der Waals surface area contributed by atoms with Crippen molar-refractivity contribution in [1.29, 1.82) is 0 Å². The third kappa shape index (κ3) is 2.35. The largest absolute Gasteiger partial charge is 0.397 e. The fraction of sp³-hybridized carbons (Fsp3) is 0.615. The molecule has 0 unspecified atom stereocenters. The van der Waals surface area contributed by atoms with E-state index in [2.05, 4.69) is 23.7 Å². The molecule has 1 aliphatic heterocycles. The van der Waals surface area contributed by atoms with Crippen LogP contribution >= 0.6 is 0 Å². The minimum atomic E-state index is 0.644. The fourth-order valence-electron chi connectivity index (χ4n) is 2.54. The van der Waals surface area contributed by atoms with Crippen molar-refractivity contribution < 1.29 is 0 Å². The van der Waals surface area contributed by atoms with E-state index in [-0.39, 0.29) is 0 Å². The van der Waals surface area contributed by atoms with Crippen molar-refractivity contribution in [1.82, 2.24) is 9.88 Å². The lowest BCUT2D eigenvalue weighted by Crippen LogP contribution is -2.43. The normalized spacial score (nSPS) is 26.9. The van der Waals surface area contributed by atoms with Gasteiger partial charge in [-0.1, -0.05) is 6.42 Å². The molecular weight excluding hydrogens is 198 g/mol. The molecule has 1 fully saturated rings. The molecule has 0 aromatic carbocycles. The molecule has 1 aromatic rings. The highest BCUT2D eigenvalue weighted by molar-refractivity contribution is 5.41. The van der Waals surface area contributed by atoms with Gasteiger partial charge in [0.25, 0.3) is 0 Å². The molecule has 3 heteroatoms. The van der Waals surface area contributed by atoms with Crippen LogP contribution in [0.15, 0.2) is 18.3 Å². The molecule has 0 spiro atoms. The third-order valence-corrected chi connectivity index (χ3v) is 3.63. The molecule has 88 valence electrons. The van der Waals surface area contributed by atoms with Crippen LogP contribution in [0, 0.1) is 0 Å². The van der Waals surface area contributed by atoms with Crippen molar-refractivity contribution in [2.45, 2.75) is 51.7 Å². The molecular formula is C13H21N3. The van der Waals surface area contributed by atoms with Gasteiger partial charge in [-0.3, -0.25) is 9.88 Å². The molecule has 2 atom stereocenters. The van der Waals surface area contributed by atoms with Crippen molar-refractivity contribution in [2.75, 3.05) is 5.73 Å². The highest BCUT2D eigenvalue weighted by Crippen LogP contribution is 2.25. The van der Waals surface area contributed by atoms with Gasteiger partial charge in [0.2, 0.25) is 0 Å². The maximum atomic E-state index is 5.94. The number of hydrogen-bond acceptors (Lipinski definition) is 3. The molecule has 1 aliphatic rings. The smallest absolute Gasteiger partial charge is 0.0772 e. The Hall–Kier alpha value is -1.09. The number of anilines is 1. The second-order valence-electron chi connectivity index (χ2n) is 4.84. The molecule has 1 aromatic heterocycles. The first-order valence-electron chi connectivity index (χ1n) is 6.13. The molecule has 0 radical (unpaired) electrons. The van der Waals surface area contributed by atoms with Crippen molar-refractivity contribution in [3.05, 3.63) is 24.0 Å². The van der Waals surface area contributed by atoms with Crippen LogP contribution in [0.1, 0.15) is 38.8 Å². The SMILES string of the molecule is C[C@@H]1CCC[C@H](C)N1Cc1ncccc1N. The van der Waals surface area contributed by atoms with Gasteiger partial charge >= 0.3 is 0 Å². The number of hydrogen-bond donors (Lipinski definition) is 1. The predicted octanol–water partition coefficient (Wildman–Crippen LogP) is 2.43. The van der Waals surface area contributed by atoms with Crippen LogP contribution in [0.4, 0.5) is 5.69 Å². The van der Waals surface area contributed by atoms with Gasteiger partial charge in [0.05, 0.1) is 11.4 Å². The lowest BCUT2D eigenvalue weighted by Gasteiger charge is -2.38. The maximum Gasteiger partial charge on any atom is 0.0772 e. The summed E-state index contributed by atoms with van der Waals surface area (Å²) in [7, 11) is 0. The van der Waals surface area contributed by atoms with Crippen LogP contribution in [-0.2, 0) is 6.54 Å². The number of nitrogens with two attached hydrogens (primary N) is 1. The fourth-order valence-corrected chi connectivity index (χ4v) is 2.54. The molecule has 3 nitrogen and oxygen atoms in total. The molecule has 0 aliphatic carbocycles. The molecule has 2 rings (SSSR count). The van der Waals surface area contributed by atoms with E-state index < -0.39 is 0 Å². The third-order valence-electron chi connectivity index (χ3n) is 3.63. The Bertz CT molecular complexity index is 341. The predicted molar refractivity (Wildman–Crippen MR) is 67.0 cm³/mol. The summed E-state index contributed by atoms with van der Waals surface area (Å²) >= 11 is 0. The van der Waals surface area contributed by atoms with Crippen LogP contribution in [0.3, 0.4) is 0 Å². The monoisotopic (exact) mass is 219 g/mol. The molecule has 2 heterocycles. The van der Waals surface area contributed by atoms with Crippen LogP contribution < -0.4 is 5.73 Å². The maximum absolute atomic E-state index is 5.94. The summed E-state index contributed by atoms with van der Waals surface area (Å²) in [5, 5.41) is 0. The van der Waals surface area contributed by atoms with E-state index in [1.165, 1.54) is 19.3 Å². The highest BCUT2D eigenvalue weighted by atomic mass is 15.2. The van der Waals surface area contributed by atoms with Gasteiger partial charge in [0.15, 0.2) is 0 Å². The van der Waals surface area contributed by atoms with Gasteiger partial charge < -0.3 is 5.73 Å². The summed E-state index contributed by atoms with van der Waals surface area (Å²) in [5.74, 6) is 0. The number of pyridine rings is 1. The summed E-state index contributed by atoms with van der Waals surface area (Å²) in [5.41, 5.74) is 7.77. The first kappa shape index (κ1) is 11.4. The van der Waals surface area contributed by atoms with Crippen molar-refractivity contribution in [2.24, 2.45) is 0 Å². The molecule has 0 saturated carbocycles. The Kier molecular flexibility index (Phi) is 3.44. The number of rotatable bonds is 2. The highest BCUT2D eigenvalue weighted by Gasteiger charge is 2.25. The quantitative estimate of drug-likeness (QED) is 0.830. The molecule has 1 saturated heterocycles. The van der Waals surface area contributed by atoms with E-state index in [0.717, 1.165) is 17.9 Å². The van der Waals surface area contributed by atoms with E-state index >= 15 is 0 Å². The van der Waals surface area contributed by atoms with Crippen LogP contribution in [0.25, 0.3) is 0 Å². The Morgan fingerprint density at radius 3 is 2.69 bits per heavy atom. The van der Waals surface area contributed by atoms with Gasteiger partial charge in [0, 0.05) is 24.8 Å².